The summed E-state index contributed by atoms with van der Waals surface area (Å²) >= 11 is 17.2. The maximum Gasteiger partial charge on any atom is 0.129 e. The third-order valence-electron chi connectivity index (χ3n) is 2.72. The Morgan fingerprint density at radius 1 is 1.21 bits per heavy atom. The Morgan fingerprint density at radius 2 is 1.89 bits per heavy atom. The van der Waals surface area contributed by atoms with Crippen molar-refractivity contribution < 1.29 is 4.39 Å². The Kier molecular flexibility index (Phi) is 5.18. The van der Waals surface area contributed by atoms with Crippen molar-refractivity contribution in [3.8, 4) is 0 Å². The van der Waals surface area contributed by atoms with Gasteiger partial charge in [0.15, 0.2) is 0 Å². The van der Waals surface area contributed by atoms with Crippen LogP contribution in [0.25, 0.3) is 0 Å². The number of thioether (sulfide) groups is 1. The van der Waals surface area contributed by atoms with Crippen LogP contribution in [-0.2, 0) is 0 Å². The Balaban J connectivity index is 2.50. The minimum Gasteiger partial charge on any atom is -0.207 e. The van der Waals surface area contributed by atoms with E-state index in [1.165, 1.54) is 6.07 Å². The smallest absolute Gasteiger partial charge is 0.129 e. The number of halogens is 4. The Hall–Kier alpha value is -0.220. The second kappa shape index (κ2) is 6.49. The van der Waals surface area contributed by atoms with Crippen LogP contribution >= 0.6 is 50.9 Å². The fourth-order valence-corrected chi connectivity index (χ4v) is 3.32. The molecule has 19 heavy (non-hydrogen) atoms. The highest BCUT2D eigenvalue weighted by Crippen LogP contribution is 2.38. The molecule has 0 heterocycles. The molecule has 0 radical (unpaired) electrons. The van der Waals surface area contributed by atoms with Gasteiger partial charge in [0, 0.05) is 14.9 Å². The largest absolute Gasteiger partial charge is 0.207 e. The lowest BCUT2D eigenvalue weighted by atomic mass is 10.0. The van der Waals surface area contributed by atoms with E-state index in [0.29, 0.717) is 15.1 Å². The summed E-state index contributed by atoms with van der Waals surface area (Å²) in [6.07, 6.45) is 1.97. The standard InChI is InChI=1S/C14H10BrCl2FS/c1-19-13-5-3-2-4-8(13)14(17)9-6-11(16)10(15)7-12(9)18/h2-7,14H,1H3. The van der Waals surface area contributed by atoms with Gasteiger partial charge in [0.05, 0.1) is 10.4 Å². The van der Waals surface area contributed by atoms with E-state index in [2.05, 4.69) is 15.9 Å². The number of alkyl halides is 1. The highest BCUT2D eigenvalue weighted by Gasteiger charge is 2.19. The molecule has 0 bridgehead atoms. The zero-order valence-electron chi connectivity index (χ0n) is 9.96. The highest BCUT2D eigenvalue weighted by molar-refractivity contribution is 9.10. The molecule has 5 heteroatoms. The van der Waals surface area contributed by atoms with Gasteiger partial charge in [-0.2, -0.15) is 0 Å². The van der Waals surface area contributed by atoms with Crippen molar-refractivity contribution in [1.82, 2.24) is 0 Å². The van der Waals surface area contributed by atoms with Crippen LogP contribution in [0.2, 0.25) is 5.02 Å². The molecular formula is C14H10BrCl2FS. The van der Waals surface area contributed by atoms with Crippen LogP contribution in [0.15, 0.2) is 45.8 Å². The van der Waals surface area contributed by atoms with Gasteiger partial charge < -0.3 is 0 Å². The van der Waals surface area contributed by atoms with Crippen molar-refractivity contribution in [3.63, 3.8) is 0 Å². The normalized spacial score (nSPS) is 12.5. The van der Waals surface area contributed by atoms with Crippen LogP contribution in [0.4, 0.5) is 4.39 Å². The van der Waals surface area contributed by atoms with E-state index >= 15 is 0 Å². The van der Waals surface area contributed by atoms with Crippen molar-refractivity contribution in [1.29, 1.82) is 0 Å². The summed E-state index contributed by atoms with van der Waals surface area (Å²) in [6, 6.07) is 10.6. The maximum atomic E-state index is 14.0. The van der Waals surface area contributed by atoms with Crippen LogP contribution in [0.1, 0.15) is 16.5 Å². The Bertz CT molecular complexity index is 604. The van der Waals surface area contributed by atoms with Crippen molar-refractivity contribution in [2.24, 2.45) is 0 Å². The van der Waals surface area contributed by atoms with Gasteiger partial charge in [0.25, 0.3) is 0 Å². The molecule has 0 aliphatic heterocycles. The van der Waals surface area contributed by atoms with Gasteiger partial charge >= 0.3 is 0 Å². The van der Waals surface area contributed by atoms with E-state index in [9.17, 15) is 4.39 Å². The Morgan fingerprint density at radius 3 is 2.58 bits per heavy atom. The van der Waals surface area contributed by atoms with Crippen molar-refractivity contribution >= 4 is 50.9 Å². The van der Waals surface area contributed by atoms with Crippen LogP contribution in [0.5, 0.6) is 0 Å². The summed E-state index contributed by atoms with van der Waals surface area (Å²) < 4.78 is 14.5. The van der Waals surface area contributed by atoms with Gasteiger partial charge in [-0.1, -0.05) is 29.8 Å². The number of hydrogen-bond acceptors (Lipinski definition) is 1. The summed E-state index contributed by atoms with van der Waals surface area (Å²) in [5.41, 5.74) is 1.27. The summed E-state index contributed by atoms with van der Waals surface area (Å²) in [4.78, 5) is 1.03. The van der Waals surface area contributed by atoms with E-state index < -0.39 is 5.38 Å². The monoisotopic (exact) mass is 378 g/mol. The fraction of sp³-hybridized carbons (Fsp3) is 0.143. The molecule has 100 valence electrons. The quantitative estimate of drug-likeness (QED) is 0.343. The van der Waals surface area contributed by atoms with Crippen LogP contribution in [0, 0.1) is 5.82 Å². The van der Waals surface area contributed by atoms with E-state index in [1.807, 2.05) is 30.5 Å². The highest BCUT2D eigenvalue weighted by atomic mass is 79.9. The summed E-state index contributed by atoms with van der Waals surface area (Å²) in [5, 5.41) is -0.113. The fourth-order valence-electron chi connectivity index (χ4n) is 1.78. The molecule has 0 N–H and O–H groups in total. The lowest BCUT2D eigenvalue weighted by molar-refractivity contribution is 0.611. The molecule has 0 aromatic heterocycles. The zero-order chi connectivity index (χ0) is 14.0. The lowest BCUT2D eigenvalue weighted by Gasteiger charge is -2.15. The molecule has 0 fully saturated rings. The first kappa shape index (κ1) is 15.2. The zero-order valence-corrected chi connectivity index (χ0v) is 13.9. The second-order valence-corrected chi connectivity index (χ2v) is 6.44. The van der Waals surface area contributed by atoms with Gasteiger partial charge in [-0.15, -0.1) is 23.4 Å². The van der Waals surface area contributed by atoms with Crippen molar-refractivity contribution in [2.45, 2.75) is 10.3 Å². The maximum absolute atomic E-state index is 14.0. The number of benzene rings is 2. The predicted octanol–water partition coefficient (Wildman–Crippen LogP) is 6.29. The summed E-state index contributed by atoms with van der Waals surface area (Å²) in [6.45, 7) is 0. The molecule has 0 nitrogen and oxygen atoms in total. The second-order valence-electron chi connectivity index (χ2n) is 3.89. The molecule has 2 rings (SSSR count). The first-order valence-corrected chi connectivity index (χ1v) is 8.29. The molecule has 0 aliphatic rings. The van der Waals surface area contributed by atoms with Crippen LogP contribution in [-0.4, -0.2) is 6.26 Å². The third-order valence-corrected chi connectivity index (χ3v) is 5.20. The average Bonchev–Trinajstić information content (AvgIpc) is 2.42. The van der Waals surface area contributed by atoms with Crippen molar-refractivity contribution in [3.05, 3.63) is 62.8 Å². The Labute approximate surface area is 134 Å². The lowest BCUT2D eigenvalue weighted by Crippen LogP contribution is -1.99. The molecule has 1 unspecified atom stereocenters. The van der Waals surface area contributed by atoms with Crippen molar-refractivity contribution in [2.75, 3.05) is 6.26 Å². The van der Waals surface area contributed by atoms with E-state index in [0.717, 1.165) is 10.5 Å². The van der Waals surface area contributed by atoms with E-state index in [4.69, 9.17) is 23.2 Å². The van der Waals surface area contributed by atoms with Gasteiger partial charge in [-0.05, 0) is 45.9 Å². The van der Waals surface area contributed by atoms with Crippen LogP contribution < -0.4 is 0 Å². The van der Waals surface area contributed by atoms with Gasteiger partial charge in [-0.3, -0.25) is 0 Å². The predicted molar refractivity (Wildman–Crippen MR) is 85.0 cm³/mol. The van der Waals surface area contributed by atoms with Gasteiger partial charge in [-0.25, -0.2) is 4.39 Å². The summed E-state index contributed by atoms with van der Waals surface area (Å²) in [5.74, 6) is -0.368. The SMILES string of the molecule is CSc1ccccc1C(Cl)c1cc(Cl)c(Br)cc1F. The van der Waals surface area contributed by atoms with Gasteiger partial charge in [0.1, 0.15) is 5.82 Å². The topological polar surface area (TPSA) is 0 Å². The number of rotatable bonds is 3. The molecule has 0 aliphatic carbocycles. The third kappa shape index (κ3) is 3.27. The van der Waals surface area contributed by atoms with Gasteiger partial charge in [0.2, 0.25) is 0 Å². The van der Waals surface area contributed by atoms with Crippen LogP contribution in [0.3, 0.4) is 0 Å². The molecule has 0 amide bonds. The molecule has 2 aromatic rings. The first-order valence-electron chi connectivity index (χ1n) is 5.46. The first-order chi connectivity index (χ1) is 9.04. The molecule has 0 saturated heterocycles. The minimum atomic E-state index is -0.561. The molecular weight excluding hydrogens is 370 g/mol. The number of hydrogen-bond donors (Lipinski definition) is 0. The average molecular weight is 380 g/mol. The molecule has 0 spiro atoms. The molecule has 1 atom stereocenters. The molecule has 2 aromatic carbocycles. The molecule has 0 saturated carbocycles. The van der Waals surface area contributed by atoms with E-state index in [-0.39, 0.29) is 5.82 Å². The summed E-state index contributed by atoms with van der Waals surface area (Å²) in [7, 11) is 0. The minimum absolute atomic E-state index is 0.368. The van der Waals surface area contributed by atoms with E-state index in [1.54, 1.807) is 17.8 Å².